The Labute approximate surface area is 181 Å². The second-order valence-electron chi connectivity index (χ2n) is 8.51. The van der Waals surface area contributed by atoms with Crippen LogP contribution in [0, 0.1) is 45.6 Å². The summed E-state index contributed by atoms with van der Waals surface area (Å²) in [5, 5.41) is 16.3. The summed E-state index contributed by atoms with van der Waals surface area (Å²) in [4.78, 5) is 36.4. The van der Waals surface area contributed by atoms with Crippen LogP contribution in [-0.4, -0.2) is 28.0 Å². The lowest BCUT2D eigenvalue weighted by molar-refractivity contribution is -0.384. The van der Waals surface area contributed by atoms with Gasteiger partial charge in [-0.05, 0) is 54.4 Å². The Bertz CT molecular complexity index is 1180. The van der Waals surface area contributed by atoms with Gasteiger partial charge in [0.1, 0.15) is 16.5 Å². The fraction of sp³-hybridized carbons (Fsp3) is 0.318. The molecule has 2 heterocycles. The number of hydrogen-bond donors (Lipinski definition) is 0. The van der Waals surface area contributed by atoms with Crippen LogP contribution in [0.5, 0.6) is 0 Å². The summed E-state index contributed by atoms with van der Waals surface area (Å²) in [5.74, 6) is 0.992. The molecule has 7 rings (SSSR count). The molecule has 0 N–H and O–H groups in total. The highest BCUT2D eigenvalue weighted by Crippen LogP contribution is 2.65. The molecule has 156 valence electrons. The van der Waals surface area contributed by atoms with Gasteiger partial charge in [-0.25, -0.2) is 0 Å². The first-order valence-electron chi connectivity index (χ1n) is 10.1. The molecule has 2 aromatic rings. The number of nitro benzene ring substituents is 1. The summed E-state index contributed by atoms with van der Waals surface area (Å²) in [5.41, 5.74) is 0.264. The molecule has 9 heteroatoms. The number of furan rings is 1. The lowest BCUT2D eigenvalue weighted by Crippen LogP contribution is -2.40. The zero-order valence-electron chi connectivity index (χ0n) is 16.1. The maximum absolute atomic E-state index is 12.9. The zero-order valence-corrected chi connectivity index (χ0v) is 16.8. The largest absolute Gasteiger partial charge is 0.455 e. The average Bonchev–Trinajstić information content (AvgIpc) is 3.39. The first-order valence-corrected chi connectivity index (χ1v) is 10.5. The molecule has 4 aliphatic carbocycles. The van der Waals surface area contributed by atoms with Gasteiger partial charge in [-0.2, -0.15) is 10.1 Å². The van der Waals surface area contributed by atoms with Crippen molar-refractivity contribution >= 4 is 35.3 Å². The second kappa shape index (κ2) is 6.37. The van der Waals surface area contributed by atoms with E-state index in [0.29, 0.717) is 28.9 Å². The Kier molecular flexibility index (Phi) is 3.80. The number of hydrogen-bond acceptors (Lipinski definition) is 6. The molecule has 1 aromatic heterocycles. The van der Waals surface area contributed by atoms with Crippen LogP contribution in [0.1, 0.15) is 12.2 Å². The van der Waals surface area contributed by atoms with Crippen molar-refractivity contribution in [1.82, 2.24) is 5.01 Å². The van der Waals surface area contributed by atoms with E-state index >= 15 is 0 Å². The van der Waals surface area contributed by atoms with Crippen LogP contribution in [0.4, 0.5) is 5.69 Å². The molecule has 2 bridgehead atoms. The van der Waals surface area contributed by atoms with Gasteiger partial charge in [0.25, 0.3) is 17.5 Å². The van der Waals surface area contributed by atoms with E-state index in [4.69, 9.17) is 16.0 Å². The van der Waals surface area contributed by atoms with Gasteiger partial charge in [0, 0.05) is 11.6 Å². The van der Waals surface area contributed by atoms with Crippen molar-refractivity contribution < 1.29 is 18.9 Å². The van der Waals surface area contributed by atoms with E-state index in [1.807, 2.05) is 0 Å². The highest BCUT2D eigenvalue weighted by Gasteiger charge is 2.67. The second-order valence-corrected chi connectivity index (χ2v) is 8.92. The molecule has 8 nitrogen and oxygen atoms in total. The summed E-state index contributed by atoms with van der Waals surface area (Å²) in [7, 11) is 0. The Morgan fingerprint density at radius 3 is 2.42 bits per heavy atom. The molecular formula is C22H16ClN3O5. The number of nitro groups is 1. The van der Waals surface area contributed by atoms with Crippen molar-refractivity contribution in [3.8, 4) is 11.3 Å². The predicted octanol–water partition coefficient (Wildman–Crippen LogP) is 3.90. The van der Waals surface area contributed by atoms with Crippen molar-refractivity contribution in [2.24, 2.45) is 40.6 Å². The molecule has 3 fully saturated rings. The minimum Gasteiger partial charge on any atom is -0.455 e. The molecule has 0 radical (unpaired) electrons. The quantitative estimate of drug-likeness (QED) is 0.237. The Balaban J connectivity index is 1.24. The van der Waals surface area contributed by atoms with Crippen LogP contribution < -0.4 is 0 Å². The SMILES string of the molecule is O=C1C2C3C=CC(C4CC34)C2C(=O)N1/N=C/c1ccc(-c2ccc(Cl)c([N+](=O)[O-])c2)o1. The van der Waals surface area contributed by atoms with Gasteiger partial charge in [-0.15, -0.1) is 0 Å². The highest BCUT2D eigenvalue weighted by molar-refractivity contribution is 6.32. The molecule has 31 heavy (non-hydrogen) atoms. The van der Waals surface area contributed by atoms with E-state index in [1.165, 1.54) is 18.3 Å². The molecule has 1 aromatic carbocycles. The maximum atomic E-state index is 12.9. The van der Waals surface area contributed by atoms with Crippen molar-refractivity contribution in [1.29, 1.82) is 0 Å². The van der Waals surface area contributed by atoms with Crippen LogP contribution in [0.15, 0.2) is 52.0 Å². The Morgan fingerprint density at radius 2 is 1.77 bits per heavy atom. The van der Waals surface area contributed by atoms with Gasteiger partial charge >= 0.3 is 0 Å². The maximum Gasteiger partial charge on any atom is 0.288 e. The van der Waals surface area contributed by atoms with Crippen molar-refractivity contribution in [3.05, 3.63) is 63.4 Å². The fourth-order valence-electron chi connectivity index (χ4n) is 5.55. The number of halogens is 1. The number of amides is 2. The van der Waals surface area contributed by atoms with Gasteiger partial charge in [0.2, 0.25) is 0 Å². The van der Waals surface area contributed by atoms with E-state index in [-0.39, 0.29) is 46.2 Å². The molecule has 1 aliphatic heterocycles. The summed E-state index contributed by atoms with van der Waals surface area (Å²) in [6.07, 6.45) is 6.67. The molecule has 6 unspecified atom stereocenters. The summed E-state index contributed by atoms with van der Waals surface area (Å²) >= 11 is 5.85. The average molecular weight is 438 g/mol. The van der Waals surface area contributed by atoms with E-state index in [9.17, 15) is 19.7 Å². The number of imide groups is 1. The molecule has 2 amide bonds. The highest BCUT2D eigenvalue weighted by atomic mass is 35.5. The van der Waals surface area contributed by atoms with Crippen LogP contribution in [0.3, 0.4) is 0 Å². The fourth-order valence-corrected chi connectivity index (χ4v) is 5.74. The zero-order chi connectivity index (χ0) is 21.4. The van der Waals surface area contributed by atoms with E-state index in [1.54, 1.807) is 18.2 Å². The van der Waals surface area contributed by atoms with Gasteiger partial charge in [0.05, 0.1) is 23.0 Å². The van der Waals surface area contributed by atoms with Crippen molar-refractivity contribution in [2.75, 3.05) is 0 Å². The molecule has 2 saturated carbocycles. The van der Waals surface area contributed by atoms with Crippen LogP contribution >= 0.6 is 11.6 Å². The van der Waals surface area contributed by atoms with Crippen LogP contribution in [-0.2, 0) is 9.59 Å². The van der Waals surface area contributed by atoms with Gasteiger partial charge in [-0.3, -0.25) is 19.7 Å². The molecule has 1 saturated heterocycles. The van der Waals surface area contributed by atoms with Gasteiger partial charge in [-0.1, -0.05) is 23.8 Å². The summed E-state index contributed by atoms with van der Waals surface area (Å²) in [6, 6.07) is 7.63. The van der Waals surface area contributed by atoms with Crippen LogP contribution in [0.2, 0.25) is 5.02 Å². The topological polar surface area (TPSA) is 106 Å². The van der Waals surface area contributed by atoms with Crippen molar-refractivity contribution in [2.45, 2.75) is 6.42 Å². The number of carbonyl (C=O) groups excluding carboxylic acids is 2. The van der Waals surface area contributed by atoms with Gasteiger partial charge in [0.15, 0.2) is 0 Å². The Morgan fingerprint density at radius 1 is 1.10 bits per heavy atom. The van der Waals surface area contributed by atoms with Gasteiger partial charge < -0.3 is 4.42 Å². The molecule has 6 atom stereocenters. The third-order valence-electron chi connectivity index (χ3n) is 6.99. The third-order valence-corrected chi connectivity index (χ3v) is 7.31. The predicted molar refractivity (Wildman–Crippen MR) is 110 cm³/mol. The lowest BCUT2D eigenvalue weighted by atomic mass is 9.63. The van der Waals surface area contributed by atoms with Crippen molar-refractivity contribution in [3.63, 3.8) is 0 Å². The minimum atomic E-state index is -0.562. The number of nitrogens with zero attached hydrogens (tertiary/aromatic N) is 3. The van der Waals surface area contributed by atoms with E-state index < -0.39 is 4.92 Å². The van der Waals surface area contributed by atoms with Crippen LogP contribution in [0.25, 0.3) is 11.3 Å². The number of carbonyl (C=O) groups is 2. The van der Waals surface area contributed by atoms with E-state index in [2.05, 4.69) is 17.3 Å². The lowest BCUT2D eigenvalue weighted by Gasteiger charge is -2.37. The molecule has 0 spiro atoms. The van der Waals surface area contributed by atoms with E-state index in [0.717, 1.165) is 11.4 Å². The number of benzene rings is 1. The Hall–Kier alpha value is -3.26. The summed E-state index contributed by atoms with van der Waals surface area (Å²) < 4.78 is 5.70. The summed E-state index contributed by atoms with van der Waals surface area (Å²) in [6.45, 7) is 0. The first-order chi connectivity index (χ1) is 14.9. The number of allylic oxidation sites excluding steroid dienone is 2. The molecule has 5 aliphatic rings. The minimum absolute atomic E-state index is 0.0377. The molecular weight excluding hydrogens is 422 g/mol. The number of rotatable bonds is 4. The standard InChI is InChI=1S/C22H16ClN3O5/c23-16-5-1-10(7-17(16)26(29)30)18-6-2-11(31-18)9-24-25-21(27)19-12-3-4-13(15-8-14(12)15)20(19)22(25)28/h1-7,9,12-15,19-20H,8H2/b24-9+. The normalized spacial score (nSPS) is 32.6. The smallest absolute Gasteiger partial charge is 0.288 e. The monoisotopic (exact) mass is 437 g/mol. The number of hydrazone groups is 1. The third kappa shape index (κ3) is 2.64. The first kappa shape index (κ1) is 18.5.